The maximum atomic E-state index is 12.2. The molecule has 3 rings (SSSR count). The molecule has 0 aliphatic rings. The Kier molecular flexibility index (Phi) is 12.6. The quantitative estimate of drug-likeness (QED) is 0.288. The largest absolute Gasteiger partial charge is 0.505 e. The normalized spacial score (nSPS) is 10.0. The summed E-state index contributed by atoms with van der Waals surface area (Å²) in [7, 11) is 1.00. The van der Waals surface area contributed by atoms with Crippen LogP contribution in [-0.4, -0.2) is 34.4 Å². The molecule has 2 aromatic carbocycles. The Hall–Kier alpha value is -3.83. The second-order valence-electron chi connectivity index (χ2n) is 7.64. The van der Waals surface area contributed by atoms with Crippen molar-refractivity contribution in [1.29, 1.82) is 0 Å². The summed E-state index contributed by atoms with van der Waals surface area (Å²) >= 11 is 0. The Bertz CT molecular complexity index is 1140. The van der Waals surface area contributed by atoms with Crippen LogP contribution in [0.3, 0.4) is 0 Å². The van der Waals surface area contributed by atoms with Crippen LogP contribution in [0.4, 0.5) is 0 Å². The van der Waals surface area contributed by atoms with Gasteiger partial charge < -0.3 is 15.0 Å². The maximum Gasteiger partial charge on any atom is 0.164 e. The molecule has 0 aliphatic heterocycles. The molecule has 0 bridgehead atoms. The Labute approximate surface area is 208 Å². The van der Waals surface area contributed by atoms with E-state index in [1.165, 1.54) is 12.5 Å². The second kappa shape index (κ2) is 15.1. The number of unbranched alkanes of at least 4 members (excludes halogenated alkanes) is 1. The SMILES string of the molecule is C=Cc1c(/C=C\C)nc(-c2ccc(-c3ccc(C)cc3)cc2)c(O)c1C(C)=O.CCCC=O.CO. The van der Waals surface area contributed by atoms with Crippen LogP contribution in [-0.2, 0) is 4.79 Å². The smallest absolute Gasteiger partial charge is 0.164 e. The molecule has 3 aromatic rings. The van der Waals surface area contributed by atoms with E-state index in [4.69, 9.17) is 5.11 Å². The fraction of sp³-hybridized carbons (Fsp3) is 0.233. The Morgan fingerprint density at radius 2 is 1.51 bits per heavy atom. The van der Waals surface area contributed by atoms with Crippen molar-refractivity contribution >= 4 is 24.2 Å². The van der Waals surface area contributed by atoms with E-state index < -0.39 is 0 Å². The fourth-order valence-corrected chi connectivity index (χ4v) is 3.34. The monoisotopic (exact) mass is 473 g/mol. The lowest BCUT2D eigenvalue weighted by Crippen LogP contribution is -2.03. The van der Waals surface area contributed by atoms with E-state index in [0.717, 1.165) is 36.5 Å². The zero-order chi connectivity index (χ0) is 26.4. The first kappa shape index (κ1) is 29.2. The van der Waals surface area contributed by atoms with E-state index in [1.807, 2.05) is 50.3 Å². The number of Topliss-reactive ketones (excluding diaryl/α,β-unsaturated/α-hetero) is 1. The Morgan fingerprint density at radius 1 is 1.00 bits per heavy atom. The van der Waals surface area contributed by atoms with Crippen LogP contribution in [0, 0.1) is 6.92 Å². The molecule has 0 unspecified atom stereocenters. The van der Waals surface area contributed by atoms with Crippen LogP contribution in [0.2, 0.25) is 0 Å². The molecular formula is C30H35NO4. The number of aldehydes is 1. The van der Waals surface area contributed by atoms with Crippen LogP contribution in [0.15, 0.2) is 61.2 Å². The van der Waals surface area contributed by atoms with Crippen molar-refractivity contribution in [3.8, 4) is 28.1 Å². The van der Waals surface area contributed by atoms with Crippen molar-refractivity contribution < 1.29 is 19.8 Å². The molecule has 5 nitrogen and oxygen atoms in total. The first-order valence-corrected chi connectivity index (χ1v) is 11.5. The van der Waals surface area contributed by atoms with Gasteiger partial charge in [0, 0.05) is 24.7 Å². The number of benzene rings is 2. The molecule has 0 saturated carbocycles. The van der Waals surface area contributed by atoms with Crippen LogP contribution in [0.5, 0.6) is 5.75 Å². The molecule has 2 N–H and O–H groups in total. The molecule has 0 fully saturated rings. The average molecular weight is 474 g/mol. The predicted molar refractivity (Wildman–Crippen MR) is 145 cm³/mol. The predicted octanol–water partition coefficient (Wildman–Crippen LogP) is 6.90. The highest BCUT2D eigenvalue weighted by atomic mass is 16.3. The first-order chi connectivity index (χ1) is 16.9. The summed E-state index contributed by atoms with van der Waals surface area (Å²) in [6.07, 6.45) is 7.83. The lowest BCUT2D eigenvalue weighted by molar-refractivity contribution is -0.107. The third kappa shape index (κ3) is 7.87. The van der Waals surface area contributed by atoms with Crippen LogP contribution in [0.1, 0.15) is 60.8 Å². The molecule has 0 spiro atoms. The molecule has 5 heteroatoms. The number of aromatic nitrogens is 1. The second-order valence-corrected chi connectivity index (χ2v) is 7.64. The van der Waals surface area contributed by atoms with Gasteiger partial charge in [0.05, 0.1) is 11.3 Å². The van der Waals surface area contributed by atoms with Gasteiger partial charge in [-0.1, -0.05) is 79.7 Å². The van der Waals surface area contributed by atoms with Gasteiger partial charge in [-0.05, 0) is 44.4 Å². The summed E-state index contributed by atoms with van der Waals surface area (Å²) in [5, 5.41) is 17.8. The van der Waals surface area contributed by atoms with E-state index in [1.54, 1.807) is 6.08 Å². The van der Waals surface area contributed by atoms with E-state index in [9.17, 15) is 14.7 Å². The Balaban J connectivity index is 0.000000779. The van der Waals surface area contributed by atoms with Gasteiger partial charge in [-0.15, -0.1) is 0 Å². The number of nitrogens with zero attached hydrogens (tertiary/aromatic N) is 1. The minimum Gasteiger partial charge on any atom is -0.505 e. The molecule has 0 radical (unpaired) electrons. The summed E-state index contributed by atoms with van der Waals surface area (Å²) in [6.45, 7) is 11.1. The lowest BCUT2D eigenvalue weighted by Gasteiger charge is -2.14. The molecule has 0 aliphatic carbocycles. The zero-order valence-electron chi connectivity index (χ0n) is 21.2. The average Bonchev–Trinajstić information content (AvgIpc) is 2.87. The number of aromatic hydroxyl groups is 1. The zero-order valence-corrected chi connectivity index (χ0v) is 21.2. The molecule has 35 heavy (non-hydrogen) atoms. The van der Waals surface area contributed by atoms with E-state index in [-0.39, 0.29) is 17.1 Å². The number of rotatable bonds is 7. The molecule has 1 aromatic heterocycles. The van der Waals surface area contributed by atoms with Gasteiger partial charge in [0.1, 0.15) is 12.0 Å². The van der Waals surface area contributed by atoms with Crippen molar-refractivity contribution in [3.63, 3.8) is 0 Å². The Morgan fingerprint density at radius 3 is 1.91 bits per heavy atom. The topological polar surface area (TPSA) is 87.5 Å². The van der Waals surface area contributed by atoms with Gasteiger partial charge in [-0.2, -0.15) is 0 Å². The van der Waals surface area contributed by atoms with Crippen molar-refractivity contribution in [2.45, 2.75) is 40.5 Å². The minimum atomic E-state index is -0.224. The summed E-state index contributed by atoms with van der Waals surface area (Å²) in [5.74, 6) is -0.336. The molecule has 184 valence electrons. The number of carbonyl (C=O) groups excluding carboxylic acids is 2. The van der Waals surface area contributed by atoms with Gasteiger partial charge in [-0.3, -0.25) is 4.79 Å². The van der Waals surface area contributed by atoms with E-state index in [2.05, 4.69) is 42.8 Å². The number of aliphatic hydroxyl groups is 1. The number of ketones is 1. The molecule has 0 atom stereocenters. The third-order valence-corrected chi connectivity index (χ3v) is 5.07. The number of hydrogen-bond donors (Lipinski definition) is 2. The van der Waals surface area contributed by atoms with Crippen LogP contribution >= 0.6 is 0 Å². The third-order valence-electron chi connectivity index (χ3n) is 5.07. The van der Waals surface area contributed by atoms with Crippen LogP contribution in [0.25, 0.3) is 34.5 Å². The standard InChI is InChI=1S/C25H23NO2.C4H8O.CH4O/c1-5-7-22-21(6-2)23(17(4)27)25(28)24(26-22)20-14-12-19(13-15-20)18-10-8-16(3)9-11-18;1-2-3-4-5;1-2/h5-15,28H,2H2,1,3-4H3;4H,2-3H2,1H3;2H,1H3/b7-5-;;. The van der Waals surface area contributed by atoms with Gasteiger partial charge in [0.15, 0.2) is 11.5 Å². The van der Waals surface area contributed by atoms with Gasteiger partial charge in [-0.25, -0.2) is 4.98 Å². The number of carbonyl (C=O) groups is 2. The highest BCUT2D eigenvalue weighted by Crippen LogP contribution is 2.36. The summed E-state index contributed by atoms with van der Waals surface area (Å²) in [4.78, 5) is 26.2. The van der Waals surface area contributed by atoms with Crippen molar-refractivity contribution in [3.05, 3.63) is 83.6 Å². The molecule has 0 saturated heterocycles. The summed E-state index contributed by atoms with van der Waals surface area (Å²) in [5.41, 5.74) is 5.94. The van der Waals surface area contributed by atoms with E-state index in [0.29, 0.717) is 23.4 Å². The van der Waals surface area contributed by atoms with E-state index >= 15 is 0 Å². The summed E-state index contributed by atoms with van der Waals surface area (Å²) < 4.78 is 0. The van der Waals surface area contributed by atoms with Crippen LogP contribution < -0.4 is 0 Å². The first-order valence-electron chi connectivity index (χ1n) is 11.5. The maximum absolute atomic E-state index is 12.2. The lowest BCUT2D eigenvalue weighted by atomic mass is 9.96. The van der Waals surface area contributed by atoms with Gasteiger partial charge >= 0.3 is 0 Å². The molecular weight excluding hydrogens is 438 g/mol. The number of aryl methyl sites for hydroxylation is 1. The highest BCUT2D eigenvalue weighted by Gasteiger charge is 2.20. The number of allylic oxidation sites excluding steroid dienone is 1. The number of pyridine rings is 1. The van der Waals surface area contributed by atoms with Gasteiger partial charge in [0.25, 0.3) is 0 Å². The highest BCUT2D eigenvalue weighted by molar-refractivity contribution is 6.03. The van der Waals surface area contributed by atoms with Crippen molar-refractivity contribution in [2.75, 3.05) is 7.11 Å². The summed E-state index contributed by atoms with van der Waals surface area (Å²) in [6, 6.07) is 16.1. The van der Waals surface area contributed by atoms with Crippen molar-refractivity contribution in [1.82, 2.24) is 4.98 Å². The molecule has 0 amide bonds. The minimum absolute atomic E-state index is 0.112. The molecule has 1 heterocycles. The number of hydrogen-bond acceptors (Lipinski definition) is 5. The van der Waals surface area contributed by atoms with Gasteiger partial charge in [0.2, 0.25) is 0 Å². The van der Waals surface area contributed by atoms with Crippen molar-refractivity contribution in [2.24, 2.45) is 0 Å². The fourth-order valence-electron chi connectivity index (χ4n) is 3.34. The number of aliphatic hydroxyl groups excluding tert-OH is 1.